The highest BCUT2D eigenvalue weighted by Crippen LogP contribution is 2.27. The smallest absolute Gasteiger partial charge is 0.0869 e. The molecular weight excluding hydrogens is 220 g/mol. The molecule has 3 heteroatoms. The molecule has 1 rings (SSSR count). The minimum absolute atomic E-state index is 0.125. The van der Waals surface area contributed by atoms with Crippen LogP contribution in [0.4, 0.5) is 0 Å². The second-order valence-corrected chi connectivity index (χ2v) is 5.40. The first-order valence-electron chi connectivity index (χ1n) is 5.66. The Labute approximate surface area is 102 Å². The van der Waals surface area contributed by atoms with Crippen LogP contribution in [-0.4, -0.2) is 22.6 Å². The molecule has 0 saturated carbocycles. The van der Waals surface area contributed by atoms with E-state index in [9.17, 15) is 5.11 Å². The molecule has 2 nitrogen and oxygen atoms in total. The molecule has 0 radical (unpaired) electrons. The van der Waals surface area contributed by atoms with Crippen LogP contribution in [0.15, 0.2) is 29.2 Å². The van der Waals surface area contributed by atoms with E-state index in [2.05, 4.69) is 6.92 Å². The maximum Gasteiger partial charge on any atom is 0.0869 e. The second kappa shape index (κ2) is 6.28. The molecule has 0 heterocycles. The Kier molecular flexibility index (Phi) is 5.32. The van der Waals surface area contributed by atoms with Crippen molar-refractivity contribution in [3.63, 3.8) is 0 Å². The van der Waals surface area contributed by atoms with E-state index in [1.54, 1.807) is 18.7 Å². The van der Waals surface area contributed by atoms with E-state index in [-0.39, 0.29) is 6.61 Å². The Morgan fingerprint density at radius 1 is 1.25 bits per heavy atom. The molecular formula is C13H20O2S. The highest BCUT2D eigenvalue weighted by atomic mass is 32.2. The lowest BCUT2D eigenvalue weighted by Crippen LogP contribution is -2.21. The molecule has 0 aromatic heterocycles. The highest BCUT2D eigenvalue weighted by molar-refractivity contribution is 7.99. The van der Waals surface area contributed by atoms with Gasteiger partial charge in [-0.25, -0.2) is 0 Å². The number of aliphatic hydroxyl groups is 2. The van der Waals surface area contributed by atoms with Crippen LogP contribution < -0.4 is 0 Å². The normalized spacial score (nSPS) is 14.8. The van der Waals surface area contributed by atoms with Gasteiger partial charge in [-0.2, -0.15) is 0 Å². The fourth-order valence-corrected chi connectivity index (χ4v) is 2.31. The van der Waals surface area contributed by atoms with Crippen LogP contribution in [0.5, 0.6) is 0 Å². The van der Waals surface area contributed by atoms with Gasteiger partial charge in [-0.15, -0.1) is 11.8 Å². The lowest BCUT2D eigenvalue weighted by molar-refractivity contribution is 0.0403. The Hall–Kier alpha value is -0.510. The van der Waals surface area contributed by atoms with E-state index in [1.165, 1.54) is 4.90 Å². The number of thioether (sulfide) groups is 1. The Morgan fingerprint density at radius 3 is 2.38 bits per heavy atom. The Balaban J connectivity index is 2.71. The Bertz CT molecular complexity index is 306. The van der Waals surface area contributed by atoms with Gasteiger partial charge in [0, 0.05) is 11.5 Å². The first kappa shape index (κ1) is 13.6. The fraction of sp³-hybridized carbons (Fsp3) is 0.538. The number of aliphatic hydroxyl groups excluding tert-OH is 1. The van der Waals surface area contributed by atoms with Crippen molar-refractivity contribution in [1.29, 1.82) is 0 Å². The number of benzene rings is 1. The zero-order valence-electron chi connectivity index (χ0n) is 9.94. The van der Waals surface area contributed by atoms with Crippen LogP contribution in [0.2, 0.25) is 0 Å². The molecule has 16 heavy (non-hydrogen) atoms. The zero-order chi connectivity index (χ0) is 12.0. The number of hydrogen-bond acceptors (Lipinski definition) is 3. The van der Waals surface area contributed by atoms with E-state index < -0.39 is 5.60 Å². The van der Waals surface area contributed by atoms with E-state index in [0.717, 1.165) is 11.3 Å². The van der Waals surface area contributed by atoms with Crippen molar-refractivity contribution in [1.82, 2.24) is 0 Å². The average molecular weight is 240 g/mol. The maximum atomic E-state index is 10.2. The number of hydrogen-bond donors (Lipinski definition) is 2. The lowest BCUT2D eigenvalue weighted by atomic mass is 9.91. The molecule has 0 spiro atoms. The molecule has 0 aliphatic heterocycles. The van der Waals surface area contributed by atoms with Gasteiger partial charge in [0.2, 0.25) is 0 Å². The van der Waals surface area contributed by atoms with Crippen molar-refractivity contribution in [3.05, 3.63) is 29.8 Å². The molecule has 2 N–H and O–H groups in total. The van der Waals surface area contributed by atoms with E-state index in [4.69, 9.17) is 5.11 Å². The molecule has 1 atom stereocenters. The van der Waals surface area contributed by atoms with E-state index in [0.29, 0.717) is 12.8 Å². The summed E-state index contributed by atoms with van der Waals surface area (Å²) >= 11 is 1.79. The van der Waals surface area contributed by atoms with Crippen LogP contribution in [0.1, 0.15) is 32.3 Å². The summed E-state index contributed by atoms with van der Waals surface area (Å²) in [4.78, 5) is 1.23. The Morgan fingerprint density at radius 2 is 1.88 bits per heavy atom. The van der Waals surface area contributed by atoms with Gasteiger partial charge >= 0.3 is 0 Å². The predicted molar refractivity (Wildman–Crippen MR) is 68.7 cm³/mol. The van der Waals surface area contributed by atoms with Gasteiger partial charge in [0.15, 0.2) is 0 Å². The van der Waals surface area contributed by atoms with Crippen LogP contribution in [0, 0.1) is 0 Å². The summed E-state index contributed by atoms with van der Waals surface area (Å²) in [5, 5.41) is 19.0. The minimum atomic E-state index is -0.835. The van der Waals surface area contributed by atoms with Gasteiger partial charge in [0.25, 0.3) is 0 Å². The molecule has 1 unspecified atom stereocenters. The maximum absolute atomic E-state index is 10.2. The van der Waals surface area contributed by atoms with Crippen LogP contribution in [-0.2, 0) is 5.60 Å². The molecule has 1 aromatic rings. The summed E-state index contributed by atoms with van der Waals surface area (Å²) in [5.41, 5.74) is 0.0828. The van der Waals surface area contributed by atoms with Gasteiger partial charge in [-0.3, -0.25) is 0 Å². The topological polar surface area (TPSA) is 40.5 Å². The average Bonchev–Trinajstić information content (AvgIpc) is 2.28. The molecule has 0 amide bonds. The summed E-state index contributed by atoms with van der Waals surface area (Å²) in [6.45, 7) is 4.04. The van der Waals surface area contributed by atoms with Crippen LogP contribution >= 0.6 is 11.8 Å². The molecule has 0 fully saturated rings. The summed E-state index contributed by atoms with van der Waals surface area (Å²) in [6.07, 6.45) is 1.21. The largest absolute Gasteiger partial charge is 0.396 e. The third kappa shape index (κ3) is 3.81. The summed E-state index contributed by atoms with van der Waals surface area (Å²) in [5.74, 6) is 1.06. The second-order valence-electron chi connectivity index (χ2n) is 4.06. The SMILES string of the molecule is CCSc1ccc(C(C)(O)CCCO)cc1. The van der Waals surface area contributed by atoms with E-state index >= 15 is 0 Å². The van der Waals surface area contributed by atoms with Gasteiger partial charge in [0.1, 0.15) is 0 Å². The van der Waals surface area contributed by atoms with Crippen LogP contribution in [0.3, 0.4) is 0 Å². The van der Waals surface area contributed by atoms with Gasteiger partial charge in [0.05, 0.1) is 5.60 Å². The van der Waals surface area contributed by atoms with E-state index in [1.807, 2.05) is 24.3 Å². The van der Waals surface area contributed by atoms with Gasteiger partial charge in [-0.05, 0) is 43.2 Å². The third-order valence-corrected chi connectivity index (χ3v) is 3.50. The first-order valence-corrected chi connectivity index (χ1v) is 6.65. The van der Waals surface area contributed by atoms with Gasteiger partial charge < -0.3 is 10.2 Å². The summed E-state index contributed by atoms with van der Waals surface area (Å²) in [7, 11) is 0. The molecule has 1 aromatic carbocycles. The highest BCUT2D eigenvalue weighted by Gasteiger charge is 2.21. The van der Waals surface area contributed by atoms with Crippen molar-refractivity contribution in [3.8, 4) is 0 Å². The summed E-state index contributed by atoms with van der Waals surface area (Å²) < 4.78 is 0. The van der Waals surface area contributed by atoms with Gasteiger partial charge in [-0.1, -0.05) is 19.1 Å². The van der Waals surface area contributed by atoms with Crippen molar-refractivity contribution in [2.45, 2.75) is 37.2 Å². The predicted octanol–water partition coefficient (Wildman–Crippen LogP) is 2.78. The van der Waals surface area contributed by atoms with Crippen molar-refractivity contribution in [2.75, 3.05) is 12.4 Å². The zero-order valence-corrected chi connectivity index (χ0v) is 10.8. The summed E-state index contributed by atoms with van der Waals surface area (Å²) in [6, 6.07) is 8.01. The minimum Gasteiger partial charge on any atom is -0.396 e. The molecule has 0 aliphatic carbocycles. The fourth-order valence-electron chi connectivity index (χ4n) is 1.64. The first-order chi connectivity index (χ1) is 7.60. The van der Waals surface area contributed by atoms with Crippen molar-refractivity contribution in [2.24, 2.45) is 0 Å². The molecule has 0 saturated heterocycles. The molecule has 0 bridgehead atoms. The molecule has 0 aliphatic rings. The van der Waals surface area contributed by atoms with Crippen molar-refractivity contribution >= 4 is 11.8 Å². The third-order valence-electron chi connectivity index (χ3n) is 2.61. The van der Waals surface area contributed by atoms with Crippen molar-refractivity contribution < 1.29 is 10.2 Å². The standard InChI is InChI=1S/C13H20O2S/c1-3-16-12-7-5-11(6-8-12)13(2,15)9-4-10-14/h5-8,14-15H,3-4,9-10H2,1-2H3. The van der Waals surface area contributed by atoms with Crippen LogP contribution in [0.25, 0.3) is 0 Å². The number of rotatable bonds is 6. The lowest BCUT2D eigenvalue weighted by Gasteiger charge is -2.23. The monoisotopic (exact) mass is 240 g/mol. The molecule has 90 valence electrons. The quantitative estimate of drug-likeness (QED) is 0.751.